The monoisotopic (exact) mass is 359 g/mol. The number of carbonyl (C=O) groups excluding carboxylic acids is 1. The number of para-hydroxylation sites is 1. The van der Waals surface area contributed by atoms with E-state index in [1.54, 1.807) is 11.1 Å². The molecule has 0 saturated heterocycles. The molecule has 0 aliphatic carbocycles. The Morgan fingerprint density at radius 3 is 2.37 bits per heavy atom. The van der Waals surface area contributed by atoms with Crippen molar-refractivity contribution in [1.29, 1.82) is 0 Å². The van der Waals surface area contributed by atoms with Crippen LogP contribution in [0.1, 0.15) is 36.3 Å². The van der Waals surface area contributed by atoms with E-state index in [9.17, 15) is 4.79 Å². The zero-order valence-corrected chi connectivity index (χ0v) is 15.8. The molecule has 0 bridgehead atoms. The lowest BCUT2D eigenvalue weighted by Crippen LogP contribution is -2.31. The average Bonchev–Trinajstić information content (AvgIpc) is 2.73. The number of nitrogens with zero attached hydrogens (tertiary/aromatic N) is 2. The molecule has 1 atom stereocenters. The maximum absolute atomic E-state index is 13.3. The molecule has 0 aliphatic rings. The van der Waals surface area contributed by atoms with Gasteiger partial charge in [0, 0.05) is 23.6 Å². The van der Waals surface area contributed by atoms with Crippen molar-refractivity contribution in [3.8, 4) is 0 Å². The van der Waals surface area contributed by atoms with Crippen LogP contribution >= 0.6 is 0 Å². The van der Waals surface area contributed by atoms with Gasteiger partial charge in [0.1, 0.15) is 5.69 Å². The molecule has 3 rings (SSSR count). The van der Waals surface area contributed by atoms with Crippen LogP contribution in [-0.4, -0.2) is 16.9 Å². The number of anilines is 2. The Bertz CT molecular complexity index is 865. The molecule has 0 aliphatic heterocycles. The summed E-state index contributed by atoms with van der Waals surface area (Å²) in [6.07, 6.45) is 2.69. The highest BCUT2D eigenvalue weighted by Crippen LogP contribution is 2.21. The summed E-state index contributed by atoms with van der Waals surface area (Å²) in [5.74, 6) is -0.113. The highest BCUT2D eigenvalue weighted by atomic mass is 16.2. The largest absolute Gasteiger partial charge is 0.382 e. The van der Waals surface area contributed by atoms with Crippen LogP contribution in [0.25, 0.3) is 0 Å². The van der Waals surface area contributed by atoms with E-state index >= 15 is 0 Å². The number of rotatable bonds is 7. The van der Waals surface area contributed by atoms with Crippen molar-refractivity contribution in [2.45, 2.75) is 32.9 Å². The first-order valence-electron chi connectivity index (χ1n) is 9.31. The van der Waals surface area contributed by atoms with Crippen molar-refractivity contribution in [2.75, 3.05) is 10.2 Å². The van der Waals surface area contributed by atoms with E-state index in [0.29, 0.717) is 18.3 Å². The van der Waals surface area contributed by atoms with Gasteiger partial charge in [0.2, 0.25) is 0 Å². The Kier molecular flexibility index (Phi) is 6.21. The zero-order valence-electron chi connectivity index (χ0n) is 15.8. The zero-order chi connectivity index (χ0) is 19.1. The normalized spacial score (nSPS) is 11.6. The van der Waals surface area contributed by atoms with Crippen LogP contribution < -0.4 is 10.2 Å². The fraction of sp³-hybridized carbons (Fsp3) is 0.217. The average molecular weight is 359 g/mol. The Balaban J connectivity index is 1.90. The van der Waals surface area contributed by atoms with E-state index in [0.717, 1.165) is 23.4 Å². The molecule has 0 saturated carbocycles. The Hall–Kier alpha value is -3.14. The van der Waals surface area contributed by atoms with Crippen molar-refractivity contribution in [2.24, 2.45) is 0 Å². The second-order valence-electron chi connectivity index (χ2n) is 6.60. The molecule has 27 heavy (non-hydrogen) atoms. The molecule has 4 heteroatoms. The standard InChI is InChI=1S/C23H25N3O/c1-3-18(2)25-20-14-15-24-22(16-20)23(27)26(21-12-8-5-9-13-21)17-19-10-6-4-7-11-19/h4-16,18H,3,17H2,1-2H3,(H,24,25). The van der Waals surface area contributed by atoms with Crippen LogP contribution in [0, 0.1) is 0 Å². The minimum absolute atomic E-state index is 0.113. The van der Waals surface area contributed by atoms with E-state index in [-0.39, 0.29) is 5.91 Å². The summed E-state index contributed by atoms with van der Waals surface area (Å²) in [6.45, 7) is 4.74. The quantitative estimate of drug-likeness (QED) is 0.635. The van der Waals surface area contributed by atoms with Crippen molar-refractivity contribution >= 4 is 17.3 Å². The second kappa shape index (κ2) is 8.99. The smallest absolute Gasteiger partial charge is 0.277 e. The van der Waals surface area contributed by atoms with Crippen LogP contribution in [0.2, 0.25) is 0 Å². The SMILES string of the molecule is CCC(C)Nc1ccnc(C(=O)N(Cc2ccccc2)c2ccccc2)c1. The lowest BCUT2D eigenvalue weighted by atomic mass is 10.1. The molecule has 3 aromatic rings. The fourth-order valence-corrected chi connectivity index (χ4v) is 2.82. The molecule has 1 heterocycles. The van der Waals surface area contributed by atoms with Gasteiger partial charge in [-0.3, -0.25) is 9.78 Å². The lowest BCUT2D eigenvalue weighted by Gasteiger charge is -2.23. The molecule has 4 nitrogen and oxygen atoms in total. The third kappa shape index (κ3) is 4.94. The number of nitrogens with one attached hydrogen (secondary N) is 1. The first kappa shape index (κ1) is 18.6. The predicted molar refractivity (Wildman–Crippen MR) is 111 cm³/mol. The van der Waals surface area contributed by atoms with Gasteiger partial charge in [-0.2, -0.15) is 0 Å². The third-order valence-corrected chi connectivity index (χ3v) is 4.50. The highest BCUT2D eigenvalue weighted by molar-refractivity contribution is 6.05. The summed E-state index contributed by atoms with van der Waals surface area (Å²) in [5, 5.41) is 3.40. The van der Waals surface area contributed by atoms with Crippen molar-refractivity contribution in [1.82, 2.24) is 4.98 Å². The molecule has 0 fully saturated rings. The third-order valence-electron chi connectivity index (χ3n) is 4.50. The number of benzene rings is 2. The van der Waals surface area contributed by atoms with Gasteiger partial charge in [-0.1, -0.05) is 55.5 Å². The number of carbonyl (C=O) groups is 1. The molecule has 0 radical (unpaired) electrons. The van der Waals surface area contributed by atoms with Gasteiger partial charge >= 0.3 is 0 Å². The molecule has 1 amide bonds. The predicted octanol–water partition coefficient (Wildman–Crippen LogP) is 5.14. The van der Waals surface area contributed by atoms with Crippen LogP contribution in [0.3, 0.4) is 0 Å². The van der Waals surface area contributed by atoms with Crippen LogP contribution in [0.5, 0.6) is 0 Å². The summed E-state index contributed by atoms with van der Waals surface area (Å²) in [7, 11) is 0. The minimum Gasteiger partial charge on any atom is -0.382 e. The number of hydrogen-bond acceptors (Lipinski definition) is 3. The van der Waals surface area contributed by atoms with Gasteiger partial charge in [-0.25, -0.2) is 0 Å². The van der Waals surface area contributed by atoms with E-state index in [4.69, 9.17) is 0 Å². The van der Waals surface area contributed by atoms with Crippen molar-refractivity contribution in [3.05, 3.63) is 90.3 Å². The molecule has 1 aromatic heterocycles. The molecular formula is C23H25N3O. The van der Waals surface area contributed by atoms with Gasteiger partial charge in [0.15, 0.2) is 0 Å². The Labute approximate surface area is 160 Å². The van der Waals surface area contributed by atoms with Gasteiger partial charge in [-0.15, -0.1) is 0 Å². The van der Waals surface area contributed by atoms with Crippen LogP contribution in [0.15, 0.2) is 79.0 Å². The number of pyridine rings is 1. The number of hydrogen-bond donors (Lipinski definition) is 1. The Morgan fingerprint density at radius 1 is 1.04 bits per heavy atom. The summed E-state index contributed by atoms with van der Waals surface area (Å²) in [4.78, 5) is 19.4. The summed E-state index contributed by atoms with van der Waals surface area (Å²) in [6, 6.07) is 23.8. The van der Waals surface area contributed by atoms with Gasteiger partial charge in [0.25, 0.3) is 5.91 Å². The molecular weight excluding hydrogens is 334 g/mol. The van der Waals surface area contributed by atoms with E-state index in [1.165, 1.54) is 0 Å². The topological polar surface area (TPSA) is 45.2 Å². The lowest BCUT2D eigenvalue weighted by molar-refractivity contribution is 0.0980. The van der Waals surface area contributed by atoms with E-state index in [2.05, 4.69) is 24.1 Å². The second-order valence-corrected chi connectivity index (χ2v) is 6.60. The van der Waals surface area contributed by atoms with E-state index < -0.39 is 0 Å². The molecule has 138 valence electrons. The minimum atomic E-state index is -0.113. The molecule has 1 N–H and O–H groups in total. The maximum atomic E-state index is 13.3. The molecule has 1 unspecified atom stereocenters. The summed E-state index contributed by atoms with van der Waals surface area (Å²) < 4.78 is 0. The number of amides is 1. The van der Waals surface area contributed by atoms with Crippen molar-refractivity contribution in [3.63, 3.8) is 0 Å². The fourth-order valence-electron chi connectivity index (χ4n) is 2.82. The highest BCUT2D eigenvalue weighted by Gasteiger charge is 2.19. The Morgan fingerprint density at radius 2 is 1.70 bits per heavy atom. The molecule has 2 aromatic carbocycles. The first-order valence-corrected chi connectivity index (χ1v) is 9.31. The van der Waals surface area contributed by atoms with Gasteiger partial charge in [-0.05, 0) is 43.2 Å². The first-order chi connectivity index (χ1) is 13.2. The van der Waals surface area contributed by atoms with Gasteiger partial charge < -0.3 is 10.2 Å². The molecule has 0 spiro atoms. The van der Waals surface area contributed by atoms with Crippen LogP contribution in [0.4, 0.5) is 11.4 Å². The summed E-state index contributed by atoms with van der Waals surface area (Å²) in [5.41, 5.74) is 3.27. The maximum Gasteiger partial charge on any atom is 0.277 e. The number of aromatic nitrogens is 1. The van der Waals surface area contributed by atoms with E-state index in [1.807, 2.05) is 72.8 Å². The van der Waals surface area contributed by atoms with Gasteiger partial charge in [0.05, 0.1) is 6.54 Å². The van der Waals surface area contributed by atoms with Crippen LogP contribution in [-0.2, 0) is 6.54 Å². The summed E-state index contributed by atoms with van der Waals surface area (Å²) >= 11 is 0. The van der Waals surface area contributed by atoms with Crippen molar-refractivity contribution < 1.29 is 4.79 Å².